The largest absolute Gasteiger partial charge is 0.461 e. The van der Waals surface area contributed by atoms with E-state index in [9.17, 15) is 38.4 Å². The molecule has 4 aromatic rings. The third-order valence-electron chi connectivity index (χ3n) is 9.49. The predicted molar refractivity (Wildman–Crippen MR) is 250 cm³/mol. The first-order valence-corrected chi connectivity index (χ1v) is 23.8. The molecule has 4 N–H and O–H groups in total. The average Bonchev–Trinajstić information content (AvgIpc) is 3.34. The van der Waals surface area contributed by atoms with Gasteiger partial charge in [0.05, 0.1) is 22.3 Å². The maximum Gasteiger partial charge on any atom is 0.340 e. The Kier molecular flexibility index (Phi) is 21.8. The van der Waals surface area contributed by atoms with E-state index in [1.165, 1.54) is 95.4 Å². The van der Waals surface area contributed by atoms with Gasteiger partial charge in [-0.3, -0.25) is 39.1 Å². The standard InChI is InChI=1S/C46H54N8O12S2/c1-45(2,29-63-41(59)31-9-5-15-47-25-31)37(65-43(61)33-11-7-17-49-27-33)39(57)53-19-13-35(55)51-21-23-67-68-24-22-52-36(56)14-20-54-40(58)38(66-44(62)34-12-8-18-50-28-34)46(3,4)30-64-42(60)32-10-6-16-48-26-32/h5-12,15-18,25-28,37-38H,13-14,19-24,29-30H2,1-4H3,(H,51,55)(H,52,56)(H,53,57)(H,54,58)/t37-,38+. The number of ether oxygens (including phenoxy) is 4. The fourth-order valence-corrected chi connectivity index (χ4v) is 7.60. The number of carbonyl (C=O) groups excluding carboxylic acids is 8. The summed E-state index contributed by atoms with van der Waals surface area (Å²) in [5.74, 6) is -3.88. The number of rotatable bonds is 27. The third-order valence-corrected chi connectivity index (χ3v) is 11.9. The third kappa shape index (κ3) is 18.4. The Morgan fingerprint density at radius 1 is 0.485 bits per heavy atom. The van der Waals surface area contributed by atoms with Crippen LogP contribution >= 0.6 is 21.6 Å². The fraction of sp³-hybridized carbons (Fsp3) is 0.391. The second-order valence-electron chi connectivity index (χ2n) is 16.1. The molecule has 4 aromatic heterocycles. The van der Waals surface area contributed by atoms with Crippen molar-refractivity contribution in [3.05, 3.63) is 120 Å². The van der Waals surface area contributed by atoms with Crippen molar-refractivity contribution in [2.75, 3.05) is 50.9 Å². The van der Waals surface area contributed by atoms with Crippen LogP contribution in [-0.4, -0.2) is 131 Å². The van der Waals surface area contributed by atoms with E-state index in [2.05, 4.69) is 41.2 Å². The van der Waals surface area contributed by atoms with E-state index in [0.29, 0.717) is 24.6 Å². The smallest absolute Gasteiger partial charge is 0.340 e. The molecule has 0 spiro atoms. The molecule has 0 aliphatic carbocycles. The van der Waals surface area contributed by atoms with Crippen LogP contribution in [0, 0.1) is 10.8 Å². The van der Waals surface area contributed by atoms with Crippen molar-refractivity contribution in [3.63, 3.8) is 0 Å². The normalized spacial score (nSPS) is 12.0. The SMILES string of the molecule is CC(C)(COC(=O)c1cccnc1)[C@H](OC(=O)c1cccnc1)C(=O)NCCC(=O)NCCSSCCNC(=O)CCNC(=O)[C@H](OC(=O)c1cccnc1)C(C)(C)COC(=O)c1cccnc1. The number of pyridine rings is 4. The summed E-state index contributed by atoms with van der Waals surface area (Å²) in [6.45, 7) is 6.38. The minimum absolute atomic E-state index is 0.0625. The molecule has 0 saturated carbocycles. The first kappa shape index (κ1) is 53.7. The van der Waals surface area contributed by atoms with Crippen LogP contribution in [0.15, 0.2) is 98.1 Å². The maximum atomic E-state index is 13.4. The Balaban J connectivity index is 1.12. The van der Waals surface area contributed by atoms with E-state index in [1.54, 1.807) is 52.0 Å². The summed E-state index contributed by atoms with van der Waals surface area (Å²) in [4.78, 5) is 119. The molecular weight excluding hydrogens is 921 g/mol. The van der Waals surface area contributed by atoms with Crippen LogP contribution in [0.1, 0.15) is 82.0 Å². The van der Waals surface area contributed by atoms with E-state index < -0.39 is 58.7 Å². The van der Waals surface area contributed by atoms with Gasteiger partial charge in [0.15, 0.2) is 12.2 Å². The zero-order valence-corrected chi connectivity index (χ0v) is 39.6. The molecule has 0 radical (unpaired) electrons. The van der Waals surface area contributed by atoms with Gasteiger partial charge in [-0.1, -0.05) is 49.3 Å². The molecule has 362 valence electrons. The highest BCUT2D eigenvalue weighted by molar-refractivity contribution is 8.76. The summed E-state index contributed by atoms with van der Waals surface area (Å²) in [5.41, 5.74) is -1.73. The molecule has 0 saturated heterocycles. The molecule has 2 atom stereocenters. The van der Waals surface area contributed by atoms with Crippen LogP contribution in [0.25, 0.3) is 0 Å². The quantitative estimate of drug-likeness (QED) is 0.0288. The van der Waals surface area contributed by atoms with E-state index in [-0.39, 0.29) is 73.2 Å². The topological polar surface area (TPSA) is 273 Å². The van der Waals surface area contributed by atoms with E-state index >= 15 is 0 Å². The van der Waals surface area contributed by atoms with Gasteiger partial charge in [0, 0.05) is 111 Å². The lowest BCUT2D eigenvalue weighted by Gasteiger charge is -2.32. The van der Waals surface area contributed by atoms with Crippen LogP contribution in [0.4, 0.5) is 0 Å². The predicted octanol–water partition coefficient (Wildman–Crippen LogP) is 3.41. The lowest BCUT2D eigenvalue weighted by atomic mass is 9.86. The summed E-state index contributed by atoms with van der Waals surface area (Å²) >= 11 is 0. The zero-order valence-electron chi connectivity index (χ0n) is 38.0. The molecule has 0 aliphatic heterocycles. The highest BCUT2D eigenvalue weighted by Crippen LogP contribution is 2.28. The number of esters is 4. The van der Waals surface area contributed by atoms with Gasteiger partial charge in [0.1, 0.15) is 13.2 Å². The van der Waals surface area contributed by atoms with Crippen LogP contribution in [0.2, 0.25) is 0 Å². The molecular formula is C46H54N8O12S2. The molecule has 22 heteroatoms. The van der Waals surface area contributed by atoms with Crippen molar-refractivity contribution in [2.24, 2.45) is 10.8 Å². The summed E-state index contributed by atoms with van der Waals surface area (Å²) in [7, 11) is 2.96. The van der Waals surface area contributed by atoms with Crippen molar-refractivity contribution in [3.8, 4) is 0 Å². The molecule has 4 amide bonds. The summed E-state index contributed by atoms with van der Waals surface area (Å²) < 4.78 is 22.1. The Hall–Kier alpha value is -6.94. The van der Waals surface area contributed by atoms with Crippen molar-refractivity contribution < 1.29 is 57.3 Å². The molecule has 4 rings (SSSR count). The van der Waals surface area contributed by atoms with Crippen LogP contribution in [0.5, 0.6) is 0 Å². The fourth-order valence-electron chi connectivity index (χ4n) is 5.78. The molecule has 0 fully saturated rings. The molecule has 0 aliphatic rings. The molecule has 4 heterocycles. The second-order valence-corrected chi connectivity index (χ2v) is 18.8. The van der Waals surface area contributed by atoms with Crippen molar-refractivity contribution in [1.29, 1.82) is 0 Å². The Morgan fingerprint density at radius 2 is 0.809 bits per heavy atom. The van der Waals surface area contributed by atoms with Gasteiger partial charge in [-0.25, -0.2) is 19.2 Å². The summed E-state index contributed by atoms with van der Waals surface area (Å²) in [6.07, 6.45) is 8.31. The monoisotopic (exact) mass is 974 g/mol. The first-order valence-electron chi connectivity index (χ1n) is 21.3. The summed E-state index contributed by atoms with van der Waals surface area (Å²) in [5, 5.41) is 10.8. The van der Waals surface area contributed by atoms with E-state index in [4.69, 9.17) is 18.9 Å². The number of hydrogen-bond donors (Lipinski definition) is 4. The number of aromatic nitrogens is 4. The number of carbonyl (C=O) groups is 8. The van der Waals surface area contributed by atoms with Gasteiger partial charge in [0.2, 0.25) is 11.8 Å². The van der Waals surface area contributed by atoms with Crippen molar-refractivity contribution in [2.45, 2.75) is 52.7 Å². The lowest BCUT2D eigenvalue weighted by Crippen LogP contribution is -2.49. The van der Waals surface area contributed by atoms with Crippen molar-refractivity contribution in [1.82, 2.24) is 41.2 Å². The van der Waals surface area contributed by atoms with E-state index in [1.807, 2.05) is 0 Å². The van der Waals surface area contributed by atoms with Gasteiger partial charge < -0.3 is 40.2 Å². The molecule has 0 unspecified atom stereocenters. The Bertz CT molecular complexity index is 2140. The maximum absolute atomic E-state index is 13.4. The highest BCUT2D eigenvalue weighted by Gasteiger charge is 2.41. The molecule has 0 aromatic carbocycles. The Labute approximate surface area is 401 Å². The van der Waals surface area contributed by atoms with Crippen molar-refractivity contribution >= 4 is 69.1 Å². The van der Waals surface area contributed by atoms with Crippen LogP contribution < -0.4 is 21.3 Å². The number of nitrogens with zero attached hydrogens (tertiary/aromatic N) is 4. The average molecular weight is 975 g/mol. The molecule has 20 nitrogen and oxygen atoms in total. The minimum Gasteiger partial charge on any atom is -0.461 e. The number of amides is 4. The zero-order chi connectivity index (χ0) is 49.4. The van der Waals surface area contributed by atoms with Gasteiger partial charge in [0.25, 0.3) is 11.8 Å². The second kappa shape index (κ2) is 27.6. The minimum atomic E-state index is -1.41. The highest BCUT2D eigenvalue weighted by atomic mass is 33.1. The van der Waals surface area contributed by atoms with Crippen LogP contribution in [0.3, 0.4) is 0 Å². The lowest BCUT2D eigenvalue weighted by molar-refractivity contribution is -0.139. The first-order chi connectivity index (χ1) is 32.6. The van der Waals surface area contributed by atoms with Crippen LogP contribution in [-0.2, 0) is 38.1 Å². The number of nitrogens with one attached hydrogen (secondary N) is 4. The molecule has 0 bridgehead atoms. The van der Waals surface area contributed by atoms with Gasteiger partial charge in [-0.2, -0.15) is 0 Å². The van der Waals surface area contributed by atoms with Gasteiger partial charge in [-0.05, 0) is 48.5 Å². The summed E-state index contributed by atoms with van der Waals surface area (Å²) in [6, 6.07) is 12.3. The number of hydrogen-bond acceptors (Lipinski definition) is 18. The Morgan fingerprint density at radius 3 is 1.12 bits per heavy atom. The van der Waals surface area contributed by atoms with Gasteiger partial charge in [-0.15, -0.1) is 0 Å². The molecule has 68 heavy (non-hydrogen) atoms. The van der Waals surface area contributed by atoms with E-state index in [0.717, 1.165) is 0 Å². The van der Waals surface area contributed by atoms with Gasteiger partial charge >= 0.3 is 23.9 Å².